The van der Waals surface area contributed by atoms with Crippen LogP contribution in [-0.4, -0.2) is 78.3 Å². The van der Waals surface area contributed by atoms with Crippen LogP contribution in [0.2, 0.25) is 0 Å². The number of nitrogens with one attached hydrogen (secondary N) is 4. The van der Waals surface area contributed by atoms with E-state index in [4.69, 9.17) is 9.47 Å². The van der Waals surface area contributed by atoms with Crippen molar-refractivity contribution >= 4 is 35.6 Å². The third-order valence-corrected chi connectivity index (χ3v) is 13.6. The van der Waals surface area contributed by atoms with E-state index in [-0.39, 0.29) is 59.7 Å². The predicted octanol–water partition coefficient (Wildman–Crippen LogP) is 4.69. The van der Waals surface area contributed by atoms with Gasteiger partial charge >= 0.3 is 12.0 Å². The van der Waals surface area contributed by atoms with Crippen LogP contribution in [0.4, 0.5) is 4.79 Å². The van der Waals surface area contributed by atoms with Gasteiger partial charge in [-0.05, 0) is 105 Å². The van der Waals surface area contributed by atoms with Crippen LogP contribution in [0.3, 0.4) is 0 Å². The maximum atomic E-state index is 12.8. The molecule has 3 aliphatic carbocycles. The predicted molar refractivity (Wildman–Crippen MR) is 188 cm³/mol. The van der Waals surface area contributed by atoms with Crippen LogP contribution in [-0.2, 0) is 25.5 Å². The van der Waals surface area contributed by atoms with Crippen LogP contribution in [0.5, 0.6) is 11.5 Å². The largest absolute Gasteiger partial charge is 0.504 e. The molecule has 2 saturated heterocycles. The van der Waals surface area contributed by atoms with E-state index < -0.39 is 0 Å². The lowest BCUT2D eigenvalue weighted by atomic mass is 9.55. The van der Waals surface area contributed by atoms with Crippen LogP contribution in [0, 0.1) is 17.3 Å². The highest BCUT2D eigenvalue weighted by atomic mass is 32.2. The van der Waals surface area contributed by atoms with Crippen molar-refractivity contribution in [3.8, 4) is 11.5 Å². The Labute approximate surface area is 294 Å². The molecule has 2 heterocycles. The second-order valence-corrected chi connectivity index (χ2v) is 16.3. The van der Waals surface area contributed by atoms with Gasteiger partial charge in [0.1, 0.15) is 12.6 Å². The second kappa shape index (κ2) is 15.8. The number of unbranched alkanes of at least 4 members (excludes halogenated alkanes) is 3. The number of amides is 4. The fourth-order valence-corrected chi connectivity index (χ4v) is 11.1. The van der Waals surface area contributed by atoms with Gasteiger partial charge in [-0.3, -0.25) is 14.4 Å². The van der Waals surface area contributed by atoms with Crippen molar-refractivity contribution in [3.05, 3.63) is 23.3 Å². The first-order chi connectivity index (χ1) is 23.7. The summed E-state index contributed by atoms with van der Waals surface area (Å²) in [4.78, 5) is 49.0. The number of carbonyl (C=O) groups excluding carboxylic acids is 4. The Bertz CT molecular complexity index is 1390. The van der Waals surface area contributed by atoms with Crippen LogP contribution < -0.4 is 26.0 Å². The fourth-order valence-electron chi connectivity index (χ4n) is 9.53. The molecular formula is C37H54N4O7S. The van der Waals surface area contributed by atoms with Crippen molar-refractivity contribution < 1.29 is 33.8 Å². The zero-order valence-corrected chi connectivity index (χ0v) is 29.8. The fraction of sp³-hybridized carbons (Fsp3) is 0.730. The molecule has 2 aliphatic heterocycles. The number of fused-ring (bicyclic) bond motifs is 6. The third-order valence-electron chi connectivity index (χ3n) is 12.1. The molecular weight excluding hydrogens is 644 g/mol. The maximum absolute atomic E-state index is 12.8. The molecule has 5 aliphatic rings. The number of esters is 1. The smallest absolute Gasteiger partial charge is 0.325 e. The summed E-state index contributed by atoms with van der Waals surface area (Å²) in [6.45, 7) is 2.77. The number of carbonyl (C=O) groups is 4. The molecule has 0 spiro atoms. The molecule has 0 radical (unpaired) electrons. The van der Waals surface area contributed by atoms with Crippen LogP contribution in [0.15, 0.2) is 12.1 Å². The molecule has 1 aromatic rings. The summed E-state index contributed by atoms with van der Waals surface area (Å²) in [6, 6.07) is 4.28. The van der Waals surface area contributed by atoms with Crippen molar-refractivity contribution in [2.45, 2.75) is 126 Å². The van der Waals surface area contributed by atoms with Gasteiger partial charge in [0.15, 0.2) is 11.5 Å². The minimum atomic E-state index is -0.368. The zero-order chi connectivity index (χ0) is 34.5. The van der Waals surface area contributed by atoms with Gasteiger partial charge in [0.25, 0.3) is 0 Å². The number of aryl methyl sites for hydroxylation is 1. The third kappa shape index (κ3) is 8.10. The lowest BCUT2D eigenvalue weighted by Gasteiger charge is -2.50. The first kappa shape index (κ1) is 35.7. The van der Waals surface area contributed by atoms with Crippen LogP contribution in [0.25, 0.3) is 0 Å². The SMILES string of the molecule is COc1cc2c(cc1O)CC[C@@H]1[C@@H]2CC[C@]2(C)[C@@H](OC(=O)CNC(=O)CCCCCNC(=O)CCCC[C@@H]3SC[C@@H]4NC(=O)N[C@@H]43)CC[C@@H]12. The average molecular weight is 699 g/mol. The number of rotatable bonds is 15. The Morgan fingerprint density at radius 1 is 1.00 bits per heavy atom. The van der Waals surface area contributed by atoms with Gasteiger partial charge in [0.2, 0.25) is 11.8 Å². The number of phenolic OH excluding ortho intramolecular Hbond substituents is 1. The van der Waals surface area contributed by atoms with E-state index in [0.717, 1.165) is 76.4 Å². The van der Waals surface area contributed by atoms with E-state index in [1.807, 2.05) is 23.9 Å². The Morgan fingerprint density at radius 3 is 2.61 bits per heavy atom. The lowest BCUT2D eigenvalue weighted by Crippen LogP contribution is -2.46. The average Bonchev–Trinajstić information content (AvgIpc) is 3.75. The Balaban J connectivity index is 0.817. The van der Waals surface area contributed by atoms with Crippen molar-refractivity contribution in [3.63, 3.8) is 0 Å². The van der Waals surface area contributed by atoms with E-state index in [0.29, 0.717) is 54.6 Å². The molecule has 0 unspecified atom stereocenters. The number of phenols is 1. The first-order valence-corrected chi connectivity index (χ1v) is 19.5. The molecule has 5 N–H and O–H groups in total. The normalized spacial score (nSPS) is 31.0. The van der Waals surface area contributed by atoms with Crippen LogP contribution >= 0.6 is 11.8 Å². The van der Waals surface area contributed by atoms with E-state index in [1.165, 1.54) is 11.1 Å². The summed E-state index contributed by atoms with van der Waals surface area (Å²) < 4.78 is 11.4. The topological polar surface area (TPSA) is 155 Å². The Morgan fingerprint density at radius 2 is 1.80 bits per heavy atom. The molecule has 49 heavy (non-hydrogen) atoms. The molecule has 4 amide bonds. The quantitative estimate of drug-likeness (QED) is 0.100. The lowest BCUT2D eigenvalue weighted by molar-refractivity contribution is -0.157. The number of hydrogen-bond acceptors (Lipinski definition) is 8. The maximum Gasteiger partial charge on any atom is 0.325 e. The zero-order valence-electron chi connectivity index (χ0n) is 29.0. The monoisotopic (exact) mass is 698 g/mol. The molecule has 0 aromatic heterocycles. The molecule has 8 atom stereocenters. The number of urea groups is 1. The minimum absolute atomic E-state index is 0.0606. The van der Waals surface area contributed by atoms with Gasteiger partial charge in [-0.2, -0.15) is 11.8 Å². The van der Waals surface area contributed by atoms with Gasteiger partial charge < -0.3 is 35.8 Å². The van der Waals surface area contributed by atoms with Gasteiger partial charge in [0.05, 0.1) is 19.2 Å². The molecule has 0 bridgehead atoms. The summed E-state index contributed by atoms with van der Waals surface area (Å²) in [5.41, 5.74) is 2.46. The summed E-state index contributed by atoms with van der Waals surface area (Å²) in [7, 11) is 1.59. The van der Waals surface area contributed by atoms with E-state index in [9.17, 15) is 24.3 Å². The molecule has 6 rings (SSSR count). The Kier molecular flexibility index (Phi) is 11.5. The number of benzene rings is 1. The van der Waals surface area contributed by atoms with E-state index in [2.05, 4.69) is 28.2 Å². The highest BCUT2D eigenvalue weighted by Gasteiger charge is 2.56. The molecule has 12 heteroatoms. The second-order valence-electron chi connectivity index (χ2n) is 15.0. The van der Waals surface area contributed by atoms with Crippen LogP contribution in [0.1, 0.15) is 107 Å². The van der Waals surface area contributed by atoms with Gasteiger partial charge in [0, 0.05) is 35.8 Å². The summed E-state index contributed by atoms with van der Waals surface area (Å²) in [6.07, 6.45) is 11.7. The number of methoxy groups -OCH3 is 1. The van der Waals surface area contributed by atoms with Crippen molar-refractivity contribution in [2.24, 2.45) is 17.3 Å². The number of hydrogen-bond donors (Lipinski definition) is 5. The van der Waals surface area contributed by atoms with Crippen molar-refractivity contribution in [2.75, 3.05) is 26.0 Å². The Hall–Kier alpha value is -3.15. The van der Waals surface area contributed by atoms with E-state index >= 15 is 0 Å². The molecule has 4 fully saturated rings. The number of aromatic hydroxyl groups is 1. The standard InChI is InChI=1S/C37H54N4O7S/c1-37-16-15-23-24(12-11-22-18-28(42)29(47-2)19-25(22)23)26(37)13-14-31(37)48-34(45)20-39-33(44)9-4-3-7-17-38-32(43)10-6-5-8-30-35-27(21-49-30)40-36(46)41-35/h18-19,23-24,26-27,30-31,35,42H,3-17,20-21H2,1-2H3,(H,38,43)(H,39,44)(H2,40,41,46)/t23-,24+,26-,27-,30-,31-,35-,37-/m0/s1. The summed E-state index contributed by atoms with van der Waals surface area (Å²) in [5, 5.41) is 22.4. The molecule has 270 valence electrons. The summed E-state index contributed by atoms with van der Waals surface area (Å²) >= 11 is 1.90. The van der Waals surface area contributed by atoms with Crippen molar-refractivity contribution in [1.29, 1.82) is 0 Å². The molecule has 11 nitrogen and oxygen atoms in total. The molecule has 1 aromatic carbocycles. The van der Waals surface area contributed by atoms with Gasteiger partial charge in [-0.25, -0.2) is 4.79 Å². The number of ether oxygens (including phenoxy) is 2. The highest BCUT2D eigenvalue weighted by molar-refractivity contribution is 8.00. The van der Waals surface area contributed by atoms with E-state index in [1.54, 1.807) is 7.11 Å². The highest BCUT2D eigenvalue weighted by Crippen LogP contribution is 2.62. The summed E-state index contributed by atoms with van der Waals surface area (Å²) in [5.74, 6) is 2.66. The molecule has 2 saturated carbocycles. The number of thioether (sulfide) groups is 1. The van der Waals surface area contributed by atoms with Gasteiger partial charge in [-0.1, -0.05) is 19.8 Å². The van der Waals surface area contributed by atoms with Gasteiger partial charge in [-0.15, -0.1) is 0 Å². The van der Waals surface area contributed by atoms with Crippen molar-refractivity contribution in [1.82, 2.24) is 21.3 Å². The minimum Gasteiger partial charge on any atom is -0.504 e. The first-order valence-electron chi connectivity index (χ1n) is 18.5.